The molecule has 0 saturated heterocycles. The summed E-state index contributed by atoms with van der Waals surface area (Å²) < 4.78 is 0. The van der Waals surface area contributed by atoms with E-state index in [1.165, 1.54) is 0 Å². The maximum Gasteiger partial charge on any atom is 0.320 e. The second-order valence-electron chi connectivity index (χ2n) is 3.80. The van der Waals surface area contributed by atoms with Crippen LogP contribution in [-0.4, -0.2) is 22.1 Å². The van der Waals surface area contributed by atoms with Gasteiger partial charge in [0, 0.05) is 18.9 Å². The highest BCUT2D eigenvalue weighted by molar-refractivity contribution is 8.93. The zero-order chi connectivity index (χ0) is 11.3. The number of aliphatic carboxylic acids is 1. The Bertz CT molecular complexity index is 317. The first-order valence-electron chi connectivity index (χ1n) is 4.96. The topological polar surface area (TPSA) is 62.2 Å². The van der Waals surface area contributed by atoms with E-state index in [-0.39, 0.29) is 22.9 Å². The number of carboxylic acids is 1. The van der Waals surface area contributed by atoms with Gasteiger partial charge in [-0.3, -0.25) is 9.78 Å². The zero-order valence-electron chi connectivity index (χ0n) is 9.38. The highest BCUT2D eigenvalue weighted by atomic mass is 79.9. The lowest BCUT2D eigenvalue weighted by Gasteiger charge is -2.17. The molecule has 0 aliphatic carbocycles. The maximum absolute atomic E-state index is 10.9. The van der Waals surface area contributed by atoms with Gasteiger partial charge in [0.1, 0.15) is 6.04 Å². The fourth-order valence-corrected chi connectivity index (χ4v) is 1.34. The van der Waals surface area contributed by atoms with Gasteiger partial charge in [0.25, 0.3) is 0 Å². The standard InChI is InChI=1S/C11H16N2O2.BrH/c1-8(2)10(11(14)15)13-7-9-3-5-12-6-4-9;/h3-6,8,10,13H,7H2,1-2H3,(H,14,15);1H/t10-;/m0./s1. The molecule has 1 aromatic heterocycles. The molecule has 5 heteroatoms. The number of pyridine rings is 1. The van der Waals surface area contributed by atoms with Crippen LogP contribution in [0.3, 0.4) is 0 Å². The fraction of sp³-hybridized carbons (Fsp3) is 0.455. The van der Waals surface area contributed by atoms with Gasteiger partial charge in [-0.2, -0.15) is 0 Å². The predicted octanol–water partition coefficient (Wildman–Crippen LogP) is 1.86. The molecule has 0 amide bonds. The van der Waals surface area contributed by atoms with Crippen LogP contribution in [0.1, 0.15) is 19.4 Å². The summed E-state index contributed by atoms with van der Waals surface area (Å²) in [5.41, 5.74) is 1.04. The molecule has 4 nitrogen and oxygen atoms in total. The fourth-order valence-electron chi connectivity index (χ4n) is 1.34. The first kappa shape index (κ1) is 15.1. The number of carboxylic acid groups (broad SMARTS) is 1. The van der Waals surface area contributed by atoms with Gasteiger partial charge in [0.2, 0.25) is 0 Å². The average Bonchev–Trinajstić information content (AvgIpc) is 2.18. The molecule has 0 fully saturated rings. The Balaban J connectivity index is 0.00000225. The molecule has 1 heterocycles. The summed E-state index contributed by atoms with van der Waals surface area (Å²) in [5.74, 6) is -0.733. The molecule has 16 heavy (non-hydrogen) atoms. The molecule has 0 aromatic carbocycles. The van der Waals surface area contributed by atoms with Gasteiger partial charge in [-0.15, -0.1) is 17.0 Å². The predicted molar refractivity (Wildman–Crippen MR) is 67.7 cm³/mol. The van der Waals surface area contributed by atoms with Crippen molar-refractivity contribution in [1.29, 1.82) is 0 Å². The van der Waals surface area contributed by atoms with Gasteiger partial charge in [0.05, 0.1) is 0 Å². The number of carbonyl (C=O) groups is 1. The smallest absolute Gasteiger partial charge is 0.320 e. The molecule has 0 aliphatic rings. The van der Waals surface area contributed by atoms with Crippen LogP contribution in [0.2, 0.25) is 0 Å². The van der Waals surface area contributed by atoms with Crippen LogP contribution >= 0.6 is 17.0 Å². The normalized spacial score (nSPS) is 11.9. The molecule has 0 aliphatic heterocycles. The maximum atomic E-state index is 10.9. The number of hydrogen-bond donors (Lipinski definition) is 2. The number of aromatic nitrogens is 1. The lowest BCUT2D eigenvalue weighted by Crippen LogP contribution is -2.40. The Morgan fingerprint density at radius 1 is 1.44 bits per heavy atom. The summed E-state index contributed by atoms with van der Waals surface area (Å²) in [7, 11) is 0. The van der Waals surface area contributed by atoms with Crippen molar-refractivity contribution in [1.82, 2.24) is 10.3 Å². The molecule has 90 valence electrons. The van der Waals surface area contributed by atoms with Crippen molar-refractivity contribution in [3.8, 4) is 0 Å². The second kappa shape index (κ2) is 7.35. The molecule has 1 rings (SSSR count). The molecular formula is C11H17BrN2O2. The van der Waals surface area contributed by atoms with Crippen molar-refractivity contribution in [2.45, 2.75) is 26.4 Å². The number of halogens is 1. The van der Waals surface area contributed by atoms with Gasteiger partial charge < -0.3 is 10.4 Å². The molecule has 0 spiro atoms. The Morgan fingerprint density at radius 2 is 2.00 bits per heavy atom. The molecule has 0 radical (unpaired) electrons. The molecule has 1 aromatic rings. The summed E-state index contributed by atoms with van der Waals surface area (Å²) in [4.78, 5) is 14.8. The van der Waals surface area contributed by atoms with Crippen LogP contribution in [0.25, 0.3) is 0 Å². The summed E-state index contributed by atoms with van der Waals surface area (Å²) in [5, 5.41) is 12.0. The van der Waals surface area contributed by atoms with E-state index < -0.39 is 12.0 Å². The molecular weight excluding hydrogens is 272 g/mol. The minimum absolute atomic E-state index is 0. The first-order chi connectivity index (χ1) is 7.11. The molecule has 2 N–H and O–H groups in total. The lowest BCUT2D eigenvalue weighted by atomic mass is 10.0. The molecule has 0 bridgehead atoms. The van der Waals surface area contributed by atoms with E-state index in [0.29, 0.717) is 6.54 Å². The van der Waals surface area contributed by atoms with E-state index in [2.05, 4.69) is 10.3 Å². The Hall–Kier alpha value is -0.940. The number of nitrogens with one attached hydrogen (secondary N) is 1. The van der Waals surface area contributed by atoms with Gasteiger partial charge in [-0.05, 0) is 23.6 Å². The second-order valence-corrected chi connectivity index (χ2v) is 3.80. The summed E-state index contributed by atoms with van der Waals surface area (Å²) in [6.45, 7) is 4.33. The average molecular weight is 289 g/mol. The van der Waals surface area contributed by atoms with E-state index in [1.54, 1.807) is 12.4 Å². The van der Waals surface area contributed by atoms with Gasteiger partial charge in [0.15, 0.2) is 0 Å². The SMILES string of the molecule is Br.CC(C)[C@H](NCc1ccncc1)C(=O)O. The van der Waals surface area contributed by atoms with Crippen molar-refractivity contribution >= 4 is 23.0 Å². The summed E-state index contributed by atoms with van der Waals surface area (Å²) in [6.07, 6.45) is 3.39. The Labute approximate surface area is 106 Å². The van der Waals surface area contributed by atoms with Crippen molar-refractivity contribution in [2.24, 2.45) is 5.92 Å². The van der Waals surface area contributed by atoms with Crippen LogP contribution in [0, 0.1) is 5.92 Å². The van der Waals surface area contributed by atoms with Gasteiger partial charge in [-0.25, -0.2) is 0 Å². The van der Waals surface area contributed by atoms with E-state index >= 15 is 0 Å². The van der Waals surface area contributed by atoms with E-state index in [9.17, 15) is 4.79 Å². The minimum Gasteiger partial charge on any atom is -0.480 e. The van der Waals surface area contributed by atoms with Crippen LogP contribution in [0.5, 0.6) is 0 Å². The zero-order valence-corrected chi connectivity index (χ0v) is 11.1. The number of rotatable bonds is 5. The van der Waals surface area contributed by atoms with Crippen LogP contribution in [0.15, 0.2) is 24.5 Å². The third-order valence-corrected chi connectivity index (χ3v) is 2.21. The summed E-state index contributed by atoms with van der Waals surface area (Å²) >= 11 is 0. The van der Waals surface area contributed by atoms with Gasteiger partial charge in [-0.1, -0.05) is 13.8 Å². The monoisotopic (exact) mass is 288 g/mol. The number of hydrogen-bond acceptors (Lipinski definition) is 3. The minimum atomic E-state index is -0.806. The highest BCUT2D eigenvalue weighted by Crippen LogP contribution is 2.03. The third kappa shape index (κ3) is 4.72. The van der Waals surface area contributed by atoms with Crippen LogP contribution in [0.4, 0.5) is 0 Å². The van der Waals surface area contributed by atoms with Crippen molar-refractivity contribution in [3.05, 3.63) is 30.1 Å². The van der Waals surface area contributed by atoms with E-state index in [4.69, 9.17) is 5.11 Å². The molecule has 1 atom stereocenters. The van der Waals surface area contributed by atoms with Crippen molar-refractivity contribution < 1.29 is 9.90 Å². The molecule has 0 unspecified atom stereocenters. The largest absolute Gasteiger partial charge is 0.480 e. The van der Waals surface area contributed by atoms with Crippen molar-refractivity contribution in [2.75, 3.05) is 0 Å². The van der Waals surface area contributed by atoms with Gasteiger partial charge >= 0.3 is 5.97 Å². The highest BCUT2D eigenvalue weighted by Gasteiger charge is 2.20. The quantitative estimate of drug-likeness (QED) is 0.868. The van der Waals surface area contributed by atoms with Crippen LogP contribution < -0.4 is 5.32 Å². The van der Waals surface area contributed by atoms with E-state index in [1.807, 2.05) is 26.0 Å². The first-order valence-corrected chi connectivity index (χ1v) is 4.96. The molecule has 0 saturated carbocycles. The third-order valence-electron chi connectivity index (χ3n) is 2.21. The Morgan fingerprint density at radius 3 is 2.44 bits per heavy atom. The lowest BCUT2D eigenvalue weighted by molar-refractivity contribution is -0.140. The van der Waals surface area contributed by atoms with Crippen molar-refractivity contribution in [3.63, 3.8) is 0 Å². The number of nitrogens with zero attached hydrogens (tertiary/aromatic N) is 1. The van der Waals surface area contributed by atoms with Crippen LogP contribution in [-0.2, 0) is 11.3 Å². The van der Waals surface area contributed by atoms with E-state index in [0.717, 1.165) is 5.56 Å². The summed E-state index contributed by atoms with van der Waals surface area (Å²) in [6, 6.07) is 3.23. The Kier molecular flexibility index (Phi) is 6.92.